The zero-order valence-corrected chi connectivity index (χ0v) is 19.8. The molecule has 33 heavy (non-hydrogen) atoms. The largest absolute Gasteiger partial charge is 0.280 e. The molecule has 5 rings (SSSR count). The van der Waals surface area contributed by atoms with E-state index in [-0.39, 0.29) is 16.6 Å². The van der Waals surface area contributed by atoms with Crippen LogP contribution < -0.4 is 4.90 Å². The first kappa shape index (κ1) is 22.1. The number of hydrogen-bond acceptors (Lipinski definition) is 5. The van der Waals surface area contributed by atoms with E-state index in [0.717, 1.165) is 48.2 Å². The smallest absolute Gasteiger partial charge is 0.244 e. The maximum Gasteiger partial charge on any atom is 0.244 e. The van der Waals surface area contributed by atoms with Crippen molar-refractivity contribution in [2.45, 2.75) is 35.6 Å². The molecule has 0 spiro atoms. The Balaban J connectivity index is 1.34. The topological polar surface area (TPSA) is 70.6 Å². The molecule has 2 aliphatic rings. The molecule has 6 nitrogen and oxygen atoms in total. The van der Waals surface area contributed by atoms with E-state index in [9.17, 15) is 13.2 Å². The van der Waals surface area contributed by atoms with Crippen molar-refractivity contribution in [3.63, 3.8) is 0 Å². The molecule has 3 aromatic rings. The van der Waals surface area contributed by atoms with E-state index in [4.69, 9.17) is 0 Å². The molecule has 3 heterocycles. The molecule has 2 aromatic carbocycles. The minimum Gasteiger partial charge on any atom is -0.280 e. The number of amides is 1. The van der Waals surface area contributed by atoms with Crippen LogP contribution in [0.2, 0.25) is 0 Å². The number of hydrogen-bond donors (Lipinski definition) is 0. The minimum atomic E-state index is -3.49. The summed E-state index contributed by atoms with van der Waals surface area (Å²) < 4.78 is 26.9. The quantitative estimate of drug-likeness (QED) is 0.507. The third-order valence-corrected chi connectivity index (χ3v) is 8.94. The molecule has 0 N–H and O–H groups in total. The van der Waals surface area contributed by atoms with Gasteiger partial charge in [0.25, 0.3) is 0 Å². The van der Waals surface area contributed by atoms with Crippen LogP contribution in [0.1, 0.15) is 24.0 Å². The van der Waals surface area contributed by atoms with Gasteiger partial charge in [0.1, 0.15) is 4.90 Å². The zero-order valence-electron chi connectivity index (χ0n) is 18.2. The van der Waals surface area contributed by atoms with Gasteiger partial charge in [-0.2, -0.15) is 4.31 Å². The molecule has 170 valence electrons. The summed E-state index contributed by atoms with van der Waals surface area (Å²) in [5.74, 6) is 0.172. The summed E-state index contributed by atoms with van der Waals surface area (Å²) in [6.07, 6.45) is 4.96. The molecule has 0 radical (unpaired) electrons. The SMILES string of the molecule is O=C(CSc1ccc(S(=O)(=O)N2CCCC2)cn1)N1c2ccccc2CCc2ccccc21. The molecule has 1 aromatic heterocycles. The van der Waals surface area contributed by atoms with Gasteiger partial charge in [-0.3, -0.25) is 9.69 Å². The number of aryl methyl sites for hydroxylation is 2. The Morgan fingerprint density at radius 3 is 2.06 bits per heavy atom. The Morgan fingerprint density at radius 2 is 1.48 bits per heavy atom. The van der Waals surface area contributed by atoms with E-state index in [2.05, 4.69) is 17.1 Å². The Hall–Kier alpha value is -2.68. The van der Waals surface area contributed by atoms with Crippen molar-refractivity contribution in [2.75, 3.05) is 23.7 Å². The number of para-hydroxylation sites is 2. The fourth-order valence-electron chi connectivity index (χ4n) is 4.43. The van der Waals surface area contributed by atoms with Crippen LogP contribution >= 0.6 is 11.8 Å². The molecule has 0 bridgehead atoms. The second kappa shape index (κ2) is 9.29. The van der Waals surface area contributed by atoms with Gasteiger partial charge in [-0.15, -0.1) is 0 Å². The number of sulfonamides is 1. The monoisotopic (exact) mass is 479 g/mol. The Kier molecular flexibility index (Phi) is 6.23. The summed E-state index contributed by atoms with van der Waals surface area (Å²) in [7, 11) is -3.49. The highest BCUT2D eigenvalue weighted by Crippen LogP contribution is 2.36. The number of anilines is 2. The first-order valence-corrected chi connectivity index (χ1v) is 13.5. The molecular weight excluding hydrogens is 454 g/mol. The summed E-state index contributed by atoms with van der Waals surface area (Å²) >= 11 is 1.32. The molecule has 8 heteroatoms. The maximum absolute atomic E-state index is 13.4. The number of thioether (sulfide) groups is 1. The summed E-state index contributed by atoms with van der Waals surface area (Å²) in [5, 5.41) is 0.625. The number of pyridine rings is 1. The van der Waals surface area contributed by atoms with Crippen molar-refractivity contribution in [2.24, 2.45) is 0 Å². The second-order valence-electron chi connectivity index (χ2n) is 8.22. The zero-order chi connectivity index (χ0) is 22.8. The van der Waals surface area contributed by atoms with Gasteiger partial charge in [-0.05, 0) is 61.1 Å². The van der Waals surface area contributed by atoms with Crippen LogP contribution in [-0.2, 0) is 27.7 Å². The van der Waals surface area contributed by atoms with Crippen LogP contribution in [-0.4, -0.2) is 42.5 Å². The van der Waals surface area contributed by atoms with Gasteiger partial charge in [0.2, 0.25) is 15.9 Å². The number of rotatable bonds is 5. The van der Waals surface area contributed by atoms with Gasteiger partial charge in [0.05, 0.1) is 22.2 Å². The second-order valence-corrected chi connectivity index (χ2v) is 11.2. The van der Waals surface area contributed by atoms with Crippen LogP contribution in [0.3, 0.4) is 0 Å². The fraction of sp³-hybridized carbons (Fsp3) is 0.280. The lowest BCUT2D eigenvalue weighted by Gasteiger charge is -2.25. The van der Waals surface area contributed by atoms with Crippen molar-refractivity contribution in [3.8, 4) is 0 Å². The molecule has 1 amide bonds. The lowest BCUT2D eigenvalue weighted by atomic mass is 10.0. The highest BCUT2D eigenvalue weighted by atomic mass is 32.2. The average molecular weight is 480 g/mol. The molecule has 0 unspecified atom stereocenters. The molecule has 0 saturated carbocycles. The van der Waals surface area contributed by atoms with E-state index in [1.807, 2.05) is 41.3 Å². The predicted molar refractivity (Wildman–Crippen MR) is 130 cm³/mol. The number of carbonyl (C=O) groups is 1. The minimum absolute atomic E-state index is 0.0302. The van der Waals surface area contributed by atoms with Gasteiger partial charge in [0.15, 0.2) is 0 Å². The van der Waals surface area contributed by atoms with Crippen molar-refractivity contribution in [1.29, 1.82) is 0 Å². The van der Waals surface area contributed by atoms with Crippen LogP contribution in [0, 0.1) is 0 Å². The number of aromatic nitrogens is 1. The van der Waals surface area contributed by atoms with Crippen LogP contribution in [0.4, 0.5) is 11.4 Å². The number of nitrogens with zero attached hydrogens (tertiary/aromatic N) is 3. The fourth-order valence-corrected chi connectivity index (χ4v) is 6.59. The van der Waals surface area contributed by atoms with E-state index in [0.29, 0.717) is 18.1 Å². The molecule has 0 atom stereocenters. The first-order chi connectivity index (χ1) is 16.0. The molecule has 1 fully saturated rings. The molecule has 0 aliphatic carbocycles. The Bertz CT molecular complexity index is 1220. The molecule has 2 aliphatic heterocycles. The van der Waals surface area contributed by atoms with E-state index >= 15 is 0 Å². The number of benzene rings is 2. The summed E-state index contributed by atoms with van der Waals surface area (Å²) in [6.45, 7) is 1.12. The lowest BCUT2D eigenvalue weighted by Crippen LogP contribution is -2.28. The van der Waals surface area contributed by atoms with Crippen molar-refractivity contribution < 1.29 is 13.2 Å². The van der Waals surface area contributed by atoms with Gasteiger partial charge in [-0.25, -0.2) is 13.4 Å². The van der Waals surface area contributed by atoms with Gasteiger partial charge in [-0.1, -0.05) is 48.2 Å². The highest BCUT2D eigenvalue weighted by molar-refractivity contribution is 7.99. The Labute approximate surface area is 198 Å². The summed E-state index contributed by atoms with van der Waals surface area (Å²) in [4.78, 5) is 19.8. The number of fused-ring (bicyclic) bond motifs is 2. The molecule has 1 saturated heterocycles. The van der Waals surface area contributed by atoms with E-state index in [1.165, 1.54) is 22.3 Å². The first-order valence-electron chi connectivity index (χ1n) is 11.1. The predicted octanol–water partition coefficient (Wildman–Crippen LogP) is 4.42. The maximum atomic E-state index is 13.4. The summed E-state index contributed by atoms with van der Waals surface area (Å²) in [6, 6.07) is 19.4. The third kappa shape index (κ3) is 4.43. The van der Waals surface area contributed by atoms with Crippen LogP contribution in [0.5, 0.6) is 0 Å². The normalized spacial score (nSPS) is 16.2. The highest BCUT2D eigenvalue weighted by Gasteiger charge is 2.28. The van der Waals surface area contributed by atoms with Crippen LogP contribution in [0.15, 0.2) is 76.8 Å². The lowest BCUT2D eigenvalue weighted by molar-refractivity contribution is -0.115. The van der Waals surface area contributed by atoms with E-state index < -0.39 is 10.0 Å². The van der Waals surface area contributed by atoms with Gasteiger partial charge >= 0.3 is 0 Å². The molecular formula is C25H25N3O3S2. The standard InChI is InChI=1S/C25H25N3O3S2/c29-25(18-32-24-14-13-21(17-26-24)33(30,31)27-15-5-6-16-27)28-22-9-3-1-7-19(22)11-12-20-8-2-4-10-23(20)28/h1-4,7-10,13-14,17H,5-6,11-12,15-16,18H2. The van der Waals surface area contributed by atoms with Gasteiger partial charge in [0, 0.05) is 19.3 Å². The summed E-state index contributed by atoms with van der Waals surface area (Å²) in [5.41, 5.74) is 4.16. The average Bonchev–Trinajstić information content (AvgIpc) is 3.34. The Morgan fingerprint density at radius 1 is 0.879 bits per heavy atom. The van der Waals surface area contributed by atoms with Crippen LogP contribution in [0.25, 0.3) is 0 Å². The third-order valence-electron chi connectivity index (χ3n) is 6.13. The van der Waals surface area contributed by atoms with Gasteiger partial charge < -0.3 is 0 Å². The van der Waals surface area contributed by atoms with E-state index in [1.54, 1.807) is 12.1 Å². The number of carbonyl (C=O) groups excluding carboxylic acids is 1. The van der Waals surface area contributed by atoms with Crippen molar-refractivity contribution in [3.05, 3.63) is 78.0 Å². The van der Waals surface area contributed by atoms with Crippen molar-refractivity contribution >= 4 is 39.1 Å². The van der Waals surface area contributed by atoms with Crippen molar-refractivity contribution in [1.82, 2.24) is 9.29 Å².